The van der Waals surface area contributed by atoms with Crippen LogP contribution in [0.15, 0.2) is 48.3 Å². The Morgan fingerprint density at radius 1 is 1.35 bits per heavy atom. The number of methoxy groups -OCH3 is 1. The molecule has 106 valence electrons. The molecule has 20 heavy (non-hydrogen) atoms. The maximum Gasteiger partial charge on any atom is 0.194 e. The molecule has 0 saturated heterocycles. The Balaban J connectivity index is 2.08. The minimum Gasteiger partial charge on any atom is -0.724 e. The fourth-order valence-electron chi connectivity index (χ4n) is 1.73. The maximum absolute atomic E-state index is 11.9. The lowest BCUT2D eigenvalue weighted by Gasteiger charge is -2.30. The van der Waals surface area contributed by atoms with Gasteiger partial charge in [0.1, 0.15) is 18.6 Å². The SMILES string of the molecule is COc1cccc(N([O-])OC2=CC=C/C(=[N+](/C)[O-])C2)c1. The summed E-state index contributed by atoms with van der Waals surface area (Å²) < 4.78 is 5.79. The van der Waals surface area contributed by atoms with Crippen LogP contribution in [0.4, 0.5) is 5.69 Å². The van der Waals surface area contributed by atoms with E-state index in [9.17, 15) is 10.4 Å². The Morgan fingerprint density at radius 3 is 2.85 bits per heavy atom. The molecule has 0 aromatic heterocycles. The molecule has 0 amide bonds. The van der Waals surface area contributed by atoms with Crippen molar-refractivity contribution in [3.63, 3.8) is 0 Å². The summed E-state index contributed by atoms with van der Waals surface area (Å²) in [6.45, 7) is 0. The fraction of sp³-hybridized carbons (Fsp3) is 0.214. The molecule has 0 radical (unpaired) electrons. The number of benzene rings is 1. The quantitative estimate of drug-likeness (QED) is 0.479. The summed E-state index contributed by atoms with van der Waals surface area (Å²) >= 11 is 0. The lowest BCUT2D eigenvalue weighted by Crippen LogP contribution is -2.19. The van der Waals surface area contributed by atoms with Crippen LogP contribution in [0.2, 0.25) is 0 Å². The lowest BCUT2D eigenvalue weighted by atomic mass is 10.1. The highest BCUT2D eigenvalue weighted by atomic mass is 16.9. The van der Waals surface area contributed by atoms with Gasteiger partial charge in [0.05, 0.1) is 19.2 Å². The monoisotopic (exact) mass is 275 g/mol. The minimum atomic E-state index is 0.277. The number of rotatable bonds is 4. The van der Waals surface area contributed by atoms with Crippen LogP contribution < -0.4 is 9.96 Å². The summed E-state index contributed by atoms with van der Waals surface area (Å²) in [5.74, 6) is 0.971. The molecule has 1 aliphatic carbocycles. The van der Waals surface area contributed by atoms with Crippen molar-refractivity contribution in [2.45, 2.75) is 6.42 Å². The Kier molecular flexibility index (Phi) is 4.27. The van der Waals surface area contributed by atoms with Crippen LogP contribution in [0.5, 0.6) is 5.75 Å². The molecule has 2 rings (SSSR count). The van der Waals surface area contributed by atoms with E-state index in [4.69, 9.17) is 9.57 Å². The number of allylic oxidation sites excluding steroid dienone is 4. The Morgan fingerprint density at radius 2 is 2.15 bits per heavy atom. The second-order valence-electron chi connectivity index (χ2n) is 4.21. The zero-order chi connectivity index (χ0) is 14.5. The Bertz CT molecular complexity index is 574. The molecule has 0 atom stereocenters. The number of hydrogen-bond acceptors (Lipinski definition) is 5. The van der Waals surface area contributed by atoms with E-state index < -0.39 is 0 Å². The zero-order valence-corrected chi connectivity index (χ0v) is 11.3. The molecule has 6 heteroatoms. The standard InChI is InChI=1S/C14H15N2O4/c1-15(17)11-5-3-8-14(9-11)20-16(18)12-6-4-7-13(10-12)19-2/h3-8,10H,9H2,1-2H3/q-1/b15-11+. The molecule has 6 nitrogen and oxygen atoms in total. The van der Waals surface area contributed by atoms with Crippen molar-refractivity contribution in [1.29, 1.82) is 0 Å². The lowest BCUT2D eigenvalue weighted by molar-refractivity contribution is -0.423. The Labute approximate surface area is 117 Å². The minimum absolute atomic E-state index is 0.277. The van der Waals surface area contributed by atoms with Gasteiger partial charge < -0.3 is 20.0 Å². The number of anilines is 1. The van der Waals surface area contributed by atoms with Gasteiger partial charge >= 0.3 is 0 Å². The molecule has 1 aromatic rings. The van der Waals surface area contributed by atoms with Crippen molar-refractivity contribution in [3.8, 4) is 5.75 Å². The number of ether oxygens (including phenoxy) is 1. The first-order valence-electron chi connectivity index (χ1n) is 6.03. The topological polar surface area (TPSA) is 70.8 Å². The van der Waals surface area contributed by atoms with E-state index in [0.717, 1.165) is 4.74 Å². The van der Waals surface area contributed by atoms with E-state index in [2.05, 4.69) is 0 Å². The molecule has 1 aromatic carbocycles. The molecule has 0 heterocycles. The van der Waals surface area contributed by atoms with E-state index in [1.54, 1.807) is 42.5 Å². The first-order chi connectivity index (χ1) is 9.60. The predicted molar refractivity (Wildman–Crippen MR) is 76.3 cm³/mol. The van der Waals surface area contributed by atoms with E-state index in [-0.39, 0.29) is 6.42 Å². The van der Waals surface area contributed by atoms with Crippen molar-refractivity contribution >= 4 is 11.4 Å². The van der Waals surface area contributed by atoms with Gasteiger partial charge in [-0.25, -0.2) is 4.74 Å². The molecule has 0 N–H and O–H groups in total. The second kappa shape index (κ2) is 6.12. The van der Waals surface area contributed by atoms with Crippen LogP contribution in [-0.4, -0.2) is 24.6 Å². The van der Waals surface area contributed by atoms with E-state index in [1.165, 1.54) is 14.2 Å². The largest absolute Gasteiger partial charge is 0.724 e. The summed E-state index contributed by atoms with van der Waals surface area (Å²) in [5, 5.41) is 23.6. The third-order valence-corrected chi connectivity index (χ3v) is 2.79. The molecule has 0 fully saturated rings. The van der Waals surface area contributed by atoms with Crippen LogP contribution in [0, 0.1) is 10.4 Å². The third-order valence-electron chi connectivity index (χ3n) is 2.79. The maximum atomic E-state index is 11.9. The predicted octanol–water partition coefficient (Wildman–Crippen LogP) is 2.36. The molecule has 0 aliphatic heterocycles. The van der Waals surface area contributed by atoms with Crippen LogP contribution in [-0.2, 0) is 4.84 Å². The van der Waals surface area contributed by atoms with Crippen molar-refractivity contribution < 1.29 is 14.3 Å². The highest BCUT2D eigenvalue weighted by molar-refractivity contribution is 5.93. The summed E-state index contributed by atoms with van der Waals surface area (Å²) in [6.07, 6.45) is 5.28. The van der Waals surface area contributed by atoms with E-state index >= 15 is 0 Å². The summed E-state index contributed by atoms with van der Waals surface area (Å²) in [4.78, 5) is 5.20. The third kappa shape index (κ3) is 3.30. The van der Waals surface area contributed by atoms with Crippen LogP contribution in [0.25, 0.3) is 0 Å². The smallest absolute Gasteiger partial charge is 0.194 e. The molecule has 0 spiro atoms. The number of hydrogen-bond donors (Lipinski definition) is 0. The van der Waals surface area contributed by atoms with Crippen LogP contribution in [0.1, 0.15) is 6.42 Å². The van der Waals surface area contributed by atoms with Gasteiger partial charge in [-0.1, -0.05) is 12.1 Å². The summed E-state index contributed by atoms with van der Waals surface area (Å²) in [7, 11) is 2.93. The van der Waals surface area contributed by atoms with Crippen LogP contribution in [0.3, 0.4) is 0 Å². The van der Waals surface area contributed by atoms with Crippen molar-refractivity contribution in [1.82, 2.24) is 0 Å². The van der Waals surface area contributed by atoms with Crippen LogP contribution >= 0.6 is 0 Å². The zero-order valence-electron chi connectivity index (χ0n) is 11.3. The Hall–Kier alpha value is -2.47. The van der Waals surface area contributed by atoms with Crippen molar-refractivity contribution in [3.05, 3.63) is 58.7 Å². The van der Waals surface area contributed by atoms with Gasteiger partial charge in [0, 0.05) is 12.1 Å². The number of hydroxylamine groups is 1. The van der Waals surface area contributed by atoms with Gasteiger partial charge in [0.15, 0.2) is 5.71 Å². The second-order valence-corrected chi connectivity index (χ2v) is 4.21. The summed E-state index contributed by atoms with van der Waals surface area (Å²) in [6, 6.07) is 6.61. The molecule has 0 unspecified atom stereocenters. The molecule has 1 aliphatic rings. The normalized spacial score (nSPS) is 16.4. The van der Waals surface area contributed by atoms with Gasteiger partial charge in [-0.05, 0) is 18.2 Å². The highest BCUT2D eigenvalue weighted by Gasteiger charge is 2.13. The van der Waals surface area contributed by atoms with Gasteiger partial charge in [0.2, 0.25) is 0 Å². The van der Waals surface area contributed by atoms with Gasteiger partial charge in [-0.2, -0.15) is 0 Å². The van der Waals surface area contributed by atoms with E-state index in [1.807, 2.05) is 0 Å². The first-order valence-corrected chi connectivity index (χ1v) is 6.03. The average molecular weight is 275 g/mol. The van der Waals surface area contributed by atoms with Crippen molar-refractivity contribution in [2.24, 2.45) is 0 Å². The molecular weight excluding hydrogens is 260 g/mol. The number of nitrogens with zero attached hydrogens (tertiary/aromatic N) is 2. The van der Waals surface area contributed by atoms with Crippen molar-refractivity contribution in [2.75, 3.05) is 19.4 Å². The van der Waals surface area contributed by atoms with E-state index in [0.29, 0.717) is 28.1 Å². The average Bonchev–Trinajstić information content (AvgIpc) is 2.47. The molecular formula is C14H15N2O4-. The van der Waals surface area contributed by atoms with Gasteiger partial charge in [0.25, 0.3) is 0 Å². The first kappa shape index (κ1) is 14.0. The van der Waals surface area contributed by atoms with Gasteiger partial charge in [-0.15, -0.1) is 0 Å². The summed E-state index contributed by atoms with van der Waals surface area (Å²) in [5.41, 5.74) is 0.846. The molecule has 0 bridgehead atoms. The molecule has 0 saturated carbocycles. The highest BCUT2D eigenvalue weighted by Crippen LogP contribution is 2.23. The van der Waals surface area contributed by atoms with Gasteiger partial charge in [-0.3, -0.25) is 5.23 Å². The fourth-order valence-corrected chi connectivity index (χ4v) is 1.73.